The molecule has 0 saturated heterocycles. The Bertz CT molecular complexity index is 331. The molecule has 1 heterocycles. The monoisotopic (exact) mass is 250 g/mol. The van der Waals surface area contributed by atoms with Crippen LogP contribution in [0.25, 0.3) is 0 Å². The number of methoxy groups -OCH3 is 1. The lowest BCUT2D eigenvalue weighted by molar-refractivity contribution is -0.135. The van der Waals surface area contributed by atoms with Gasteiger partial charge in [-0.1, -0.05) is 11.6 Å². The smallest absolute Gasteiger partial charge is 0.323 e. The highest BCUT2D eigenvalue weighted by Gasteiger charge is 2.13. The van der Waals surface area contributed by atoms with Gasteiger partial charge in [0.15, 0.2) is 5.13 Å². The number of hydrogen-bond acceptors (Lipinski definition) is 5. The van der Waals surface area contributed by atoms with Crippen LogP contribution in [0.3, 0.4) is 0 Å². The van der Waals surface area contributed by atoms with E-state index in [9.17, 15) is 4.79 Å². The van der Waals surface area contributed by atoms with E-state index in [0.717, 1.165) is 0 Å². The van der Waals surface area contributed by atoms with E-state index in [2.05, 4.69) is 4.98 Å². The number of carbonyl (C=O) groups is 1. The second-order valence-corrected chi connectivity index (χ2v) is 3.98. The molecule has 0 saturated carbocycles. The molecule has 5 nitrogen and oxygen atoms in total. The summed E-state index contributed by atoms with van der Waals surface area (Å²) in [6.45, 7) is 0.824. The van der Waals surface area contributed by atoms with Gasteiger partial charge in [-0.2, -0.15) is 0 Å². The van der Waals surface area contributed by atoms with E-state index in [4.69, 9.17) is 21.4 Å². The fourth-order valence-corrected chi connectivity index (χ4v) is 1.97. The molecule has 0 spiro atoms. The molecule has 0 unspecified atom stereocenters. The number of aromatic nitrogens is 1. The van der Waals surface area contributed by atoms with E-state index < -0.39 is 5.97 Å². The van der Waals surface area contributed by atoms with Gasteiger partial charge in [-0.05, 0) is 0 Å². The average molecular weight is 251 g/mol. The minimum atomic E-state index is -0.905. The van der Waals surface area contributed by atoms with Gasteiger partial charge < -0.3 is 14.7 Å². The SMILES string of the molecule is COCCN(CC(=O)O)c1nc(Cl)cs1. The molecule has 0 aliphatic carbocycles. The fraction of sp³-hybridized carbons (Fsp3) is 0.500. The van der Waals surface area contributed by atoms with Crippen LogP contribution in [0.15, 0.2) is 5.38 Å². The molecule has 0 atom stereocenters. The molecule has 15 heavy (non-hydrogen) atoms. The predicted molar refractivity (Wildman–Crippen MR) is 58.8 cm³/mol. The first kappa shape index (κ1) is 12.2. The van der Waals surface area contributed by atoms with Crippen LogP contribution in [0.4, 0.5) is 5.13 Å². The number of nitrogens with zero attached hydrogens (tertiary/aromatic N) is 2. The number of thiazole rings is 1. The van der Waals surface area contributed by atoms with Crippen LogP contribution in [0, 0.1) is 0 Å². The Morgan fingerprint density at radius 1 is 1.80 bits per heavy atom. The van der Waals surface area contributed by atoms with Crippen molar-refractivity contribution in [2.45, 2.75) is 0 Å². The number of carboxylic acid groups (broad SMARTS) is 1. The largest absolute Gasteiger partial charge is 0.480 e. The summed E-state index contributed by atoms with van der Waals surface area (Å²) in [6, 6.07) is 0. The van der Waals surface area contributed by atoms with Crippen molar-refractivity contribution < 1.29 is 14.6 Å². The van der Waals surface area contributed by atoms with Crippen LogP contribution >= 0.6 is 22.9 Å². The normalized spacial score (nSPS) is 10.3. The second-order valence-electron chi connectivity index (χ2n) is 2.76. The number of anilines is 1. The summed E-state index contributed by atoms with van der Waals surface area (Å²) < 4.78 is 4.89. The van der Waals surface area contributed by atoms with Gasteiger partial charge in [0.25, 0.3) is 0 Å². The Balaban J connectivity index is 2.66. The topological polar surface area (TPSA) is 62.7 Å². The molecule has 84 valence electrons. The summed E-state index contributed by atoms with van der Waals surface area (Å²) >= 11 is 6.98. The highest BCUT2D eigenvalue weighted by molar-refractivity contribution is 7.14. The van der Waals surface area contributed by atoms with Crippen LogP contribution < -0.4 is 4.90 Å². The summed E-state index contributed by atoms with van der Waals surface area (Å²) in [5.41, 5.74) is 0. The number of ether oxygens (including phenoxy) is 1. The van der Waals surface area contributed by atoms with Gasteiger partial charge in [0.2, 0.25) is 0 Å². The Labute approximate surface area is 96.2 Å². The molecular formula is C8H11ClN2O3S. The first-order chi connectivity index (χ1) is 7.13. The standard InChI is InChI=1S/C8H11ClN2O3S/c1-14-3-2-11(4-7(12)13)8-10-6(9)5-15-8/h5H,2-4H2,1H3,(H,12,13). The van der Waals surface area contributed by atoms with Crippen molar-refractivity contribution in [1.82, 2.24) is 4.98 Å². The van der Waals surface area contributed by atoms with Gasteiger partial charge >= 0.3 is 5.97 Å². The minimum absolute atomic E-state index is 0.104. The molecule has 1 N–H and O–H groups in total. The highest BCUT2D eigenvalue weighted by Crippen LogP contribution is 2.22. The lowest BCUT2D eigenvalue weighted by Crippen LogP contribution is -2.32. The van der Waals surface area contributed by atoms with E-state index in [1.54, 1.807) is 17.4 Å². The Kier molecular flexibility index (Phi) is 4.80. The molecular weight excluding hydrogens is 240 g/mol. The maximum Gasteiger partial charge on any atom is 0.323 e. The average Bonchev–Trinajstić information content (AvgIpc) is 2.58. The van der Waals surface area contributed by atoms with Gasteiger partial charge in [-0.3, -0.25) is 4.79 Å². The van der Waals surface area contributed by atoms with Crippen LogP contribution in [0.2, 0.25) is 5.15 Å². The molecule has 0 radical (unpaired) electrons. The molecule has 0 bridgehead atoms. The van der Waals surface area contributed by atoms with Crippen LogP contribution in [-0.4, -0.2) is 42.9 Å². The van der Waals surface area contributed by atoms with Gasteiger partial charge in [0, 0.05) is 19.0 Å². The molecule has 7 heteroatoms. The Hall–Kier alpha value is -0.850. The number of rotatable bonds is 6. The van der Waals surface area contributed by atoms with E-state index >= 15 is 0 Å². The van der Waals surface area contributed by atoms with Crippen LogP contribution in [0.5, 0.6) is 0 Å². The minimum Gasteiger partial charge on any atom is -0.480 e. The molecule has 1 rings (SSSR count). The lowest BCUT2D eigenvalue weighted by atomic mass is 10.5. The van der Waals surface area contributed by atoms with Crippen LogP contribution in [0.1, 0.15) is 0 Å². The second kappa shape index (κ2) is 5.89. The zero-order valence-corrected chi connectivity index (χ0v) is 9.72. The zero-order chi connectivity index (χ0) is 11.3. The van der Waals surface area contributed by atoms with E-state index in [1.165, 1.54) is 11.3 Å². The van der Waals surface area contributed by atoms with Crippen molar-refractivity contribution in [2.75, 3.05) is 31.7 Å². The quantitative estimate of drug-likeness (QED) is 0.825. The van der Waals surface area contributed by atoms with Crippen LogP contribution in [-0.2, 0) is 9.53 Å². The molecule has 1 aromatic heterocycles. The summed E-state index contributed by atoms with van der Waals surface area (Å²) in [5.74, 6) is -0.905. The van der Waals surface area contributed by atoms with Crippen molar-refractivity contribution >= 4 is 34.0 Å². The molecule has 0 fully saturated rings. The highest BCUT2D eigenvalue weighted by atomic mass is 35.5. The maximum atomic E-state index is 10.6. The molecule has 1 aromatic rings. The lowest BCUT2D eigenvalue weighted by Gasteiger charge is -2.18. The summed E-state index contributed by atoms with van der Waals surface area (Å²) in [4.78, 5) is 16.2. The molecule has 0 aromatic carbocycles. The van der Waals surface area contributed by atoms with E-state index in [-0.39, 0.29) is 6.54 Å². The molecule has 0 aliphatic rings. The van der Waals surface area contributed by atoms with E-state index in [0.29, 0.717) is 23.4 Å². The maximum absolute atomic E-state index is 10.6. The number of carboxylic acids is 1. The van der Waals surface area contributed by atoms with Crippen molar-refractivity contribution in [3.05, 3.63) is 10.5 Å². The fourth-order valence-electron chi connectivity index (χ4n) is 0.998. The Morgan fingerprint density at radius 3 is 3.00 bits per heavy atom. The predicted octanol–water partition coefficient (Wildman–Crippen LogP) is 1.33. The van der Waals surface area contributed by atoms with Gasteiger partial charge in [0.05, 0.1) is 6.61 Å². The van der Waals surface area contributed by atoms with Crippen molar-refractivity contribution in [3.8, 4) is 0 Å². The zero-order valence-electron chi connectivity index (χ0n) is 8.14. The summed E-state index contributed by atoms with van der Waals surface area (Å²) in [5, 5.41) is 11.4. The third kappa shape index (κ3) is 4.03. The van der Waals surface area contributed by atoms with Crippen molar-refractivity contribution in [3.63, 3.8) is 0 Å². The first-order valence-corrected chi connectivity index (χ1v) is 5.46. The number of aliphatic carboxylic acids is 1. The first-order valence-electron chi connectivity index (χ1n) is 4.20. The van der Waals surface area contributed by atoms with Gasteiger partial charge in [-0.15, -0.1) is 11.3 Å². The molecule has 0 aliphatic heterocycles. The third-order valence-corrected chi connectivity index (χ3v) is 2.85. The van der Waals surface area contributed by atoms with Crippen molar-refractivity contribution in [1.29, 1.82) is 0 Å². The number of hydrogen-bond donors (Lipinski definition) is 1. The van der Waals surface area contributed by atoms with Gasteiger partial charge in [0.1, 0.15) is 11.7 Å². The Morgan fingerprint density at radius 2 is 2.53 bits per heavy atom. The third-order valence-electron chi connectivity index (χ3n) is 1.63. The van der Waals surface area contributed by atoms with Gasteiger partial charge in [-0.25, -0.2) is 4.98 Å². The summed E-state index contributed by atoms with van der Waals surface area (Å²) in [6.07, 6.45) is 0. The summed E-state index contributed by atoms with van der Waals surface area (Å²) in [7, 11) is 1.56. The van der Waals surface area contributed by atoms with Crippen molar-refractivity contribution in [2.24, 2.45) is 0 Å². The van der Waals surface area contributed by atoms with E-state index in [1.807, 2.05) is 0 Å². The number of halogens is 1. The molecule has 0 amide bonds.